The van der Waals surface area contributed by atoms with E-state index in [0.717, 1.165) is 26.2 Å². The number of nitrogens with one attached hydrogen (secondary N) is 2. The second-order valence-electron chi connectivity index (χ2n) is 5.31. The monoisotopic (exact) mass is 320 g/mol. The van der Waals surface area contributed by atoms with E-state index in [2.05, 4.69) is 22.6 Å². The van der Waals surface area contributed by atoms with Crippen molar-refractivity contribution in [3.05, 3.63) is 29.8 Å². The van der Waals surface area contributed by atoms with Crippen LogP contribution in [0.1, 0.15) is 17.3 Å². The van der Waals surface area contributed by atoms with E-state index in [9.17, 15) is 9.59 Å². The molecule has 0 saturated carbocycles. The summed E-state index contributed by atoms with van der Waals surface area (Å²) in [5.41, 5.74) is 1.29. The topological polar surface area (TPSA) is 64.7 Å². The van der Waals surface area contributed by atoms with Crippen molar-refractivity contribution in [1.29, 1.82) is 0 Å². The highest BCUT2D eigenvalue weighted by Crippen LogP contribution is 2.14. The number of hydrogen-bond donors (Lipinski definition) is 2. The predicted octanol–water partition coefficient (Wildman–Crippen LogP) is 0.907. The second-order valence-corrected chi connectivity index (χ2v) is 5.72. The van der Waals surface area contributed by atoms with Crippen LogP contribution in [0.15, 0.2) is 24.3 Å². The maximum atomic E-state index is 12.5. The fourth-order valence-corrected chi connectivity index (χ4v) is 2.51. The Hall–Kier alpha value is -1.99. The molecule has 0 aliphatic carbocycles. The van der Waals surface area contributed by atoms with Crippen molar-refractivity contribution in [2.45, 2.75) is 6.92 Å². The normalized spacial score (nSPS) is 15.3. The Balaban J connectivity index is 2.03. The number of likely N-dealkylation sites (N-methyl/N-ethyl adjacent to an activating group) is 1. The molecule has 7 heteroatoms. The molecule has 22 heavy (non-hydrogen) atoms. The van der Waals surface area contributed by atoms with Crippen LogP contribution in [0.4, 0.5) is 5.69 Å². The number of carbonyl (C=O) groups excluding carboxylic acids is 2. The highest BCUT2D eigenvalue weighted by molar-refractivity contribution is 7.80. The van der Waals surface area contributed by atoms with Gasteiger partial charge in [0.15, 0.2) is 5.11 Å². The quantitative estimate of drug-likeness (QED) is 0.793. The minimum Gasteiger partial charge on any atom is -0.336 e. The van der Waals surface area contributed by atoms with Gasteiger partial charge in [-0.05, 0) is 37.5 Å². The average Bonchev–Trinajstić information content (AvgIpc) is 2.46. The third-order valence-electron chi connectivity index (χ3n) is 3.45. The van der Waals surface area contributed by atoms with E-state index in [-0.39, 0.29) is 16.9 Å². The van der Waals surface area contributed by atoms with E-state index in [4.69, 9.17) is 12.2 Å². The number of rotatable bonds is 2. The van der Waals surface area contributed by atoms with E-state index >= 15 is 0 Å². The first-order valence-corrected chi connectivity index (χ1v) is 7.53. The summed E-state index contributed by atoms with van der Waals surface area (Å²) in [5, 5.41) is 5.61. The van der Waals surface area contributed by atoms with Crippen LogP contribution in [0, 0.1) is 0 Å². The summed E-state index contributed by atoms with van der Waals surface area (Å²) in [6.45, 7) is 4.63. The van der Waals surface area contributed by atoms with Gasteiger partial charge in [-0.25, -0.2) is 0 Å². The molecule has 2 rings (SSSR count). The van der Waals surface area contributed by atoms with Crippen LogP contribution in [-0.2, 0) is 4.79 Å². The van der Waals surface area contributed by atoms with Gasteiger partial charge < -0.3 is 20.4 Å². The average molecular weight is 320 g/mol. The molecule has 0 spiro atoms. The maximum Gasteiger partial charge on any atom is 0.254 e. The zero-order valence-corrected chi connectivity index (χ0v) is 13.6. The van der Waals surface area contributed by atoms with Crippen LogP contribution in [0.2, 0.25) is 0 Å². The van der Waals surface area contributed by atoms with Crippen LogP contribution in [0.3, 0.4) is 0 Å². The molecule has 0 aromatic heterocycles. The lowest BCUT2D eigenvalue weighted by Gasteiger charge is -2.32. The van der Waals surface area contributed by atoms with Gasteiger partial charge >= 0.3 is 0 Å². The molecule has 1 aromatic carbocycles. The minimum absolute atomic E-state index is 0.0159. The van der Waals surface area contributed by atoms with Gasteiger partial charge in [-0.15, -0.1) is 0 Å². The molecule has 1 heterocycles. The van der Waals surface area contributed by atoms with Crippen LogP contribution in [-0.4, -0.2) is 60.0 Å². The molecule has 6 nitrogen and oxygen atoms in total. The minimum atomic E-state index is -0.234. The molecule has 1 aliphatic rings. The first-order chi connectivity index (χ1) is 10.5. The zero-order valence-electron chi connectivity index (χ0n) is 12.8. The first kappa shape index (κ1) is 16.4. The largest absolute Gasteiger partial charge is 0.336 e. The molecule has 1 aliphatic heterocycles. The van der Waals surface area contributed by atoms with Gasteiger partial charge in [0.25, 0.3) is 5.91 Å². The lowest BCUT2D eigenvalue weighted by molar-refractivity contribution is -0.117. The third-order valence-corrected chi connectivity index (χ3v) is 3.65. The molecule has 1 fully saturated rings. The molecule has 0 radical (unpaired) electrons. The van der Waals surface area contributed by atoms with Gasteiger partial charge in [0, 0.05) is 44.4 Å². The van der Waals surface area contributed by atoms with Gasteiger partial charge in [-0.1, -0.05) is 6.07 Å². The van der Waals surface area contributed by atoms with Crippen LogP contribution in [0.25, 0.3) is 0 Å². The van der Waals surface area contributed by atoms with Crippen molar-refractivity contribution in [3.8, 4) is 0 Å². The van der Waals surface area contributed by atoms with Gasteiger partial charge in [0.05, 0.1) is 0 Å². The van der Waals surface area contributed by atoms with E-state index in [1.807, 2.05) is 4.90 Å². The predicted molar refractivity (Wildman–Crippen MR) is 89.9 cm³/mol. The smallest absolute Gasteiger partial charge is 0.254 e. The number of piperazine rings is 1. The summed E-state index contributed by atoms with van der Waals surface area (Å²) in [7, 11) is 2.05. The van der Waals surface area contributed by atoms with Crippen LogP contribution < -0.4 is 10.6 Å². The van der Waals surface area contributed by atoms with Crippen molar-refractivity contribution in [2.75, 3.05) is 38.5 Å². The second kappa shape index (κ2) is 7.33. The number of benzene rings is 1. The van der Waals surface area contributed by atoms with Crippen molar-refractivity contribution in [2.24, 2.45) is 0 Å². The molecule has 118 valence electrons. The van der Waals surface area contributed by atoms with E-state index in [1.165, 1.54) is 6.92 Å². The summed E-state index contributed by atoms with van der Waals surface area (Å²) in [6.07, 6.45) is 0. The lowest BCUT2D eigenvalue weighted by Crippen LogP contribution is -2.47. The Morgan fingerprint density at radius 1 is 1.18 bits per heavy atom. The zero-order chi connectivity index (χ0) is 16.1. The standard InChI is InChI=1S/C15H20N4O2S/c1-11(20)16-15(22)17-13-5-3-4-12(10-13)14(21)19-8-6-18(2)7-9-19/h3-5,10H,6-9H2,1-2H3,(H2,16,17,20,22). The molecule has 2 N–H and O–H groups in total. The number of carbonyl (C=O) groups is 2. The summed E-state index contributed by atoms with van der Waals surface area (Å²) >= 11 is 5.02. The Kier molecular flexibility index (Phi) is 5.46. The summed E-state index contributed by atoms with van der Waals surface area (Å²) in [5.74, 6) is -0.218. The SMILES string of the molecule is CC(=O)NC(=S)Nc1cccc(C(=O)N2CCN(C)CC2)c1. The Labute approximate surface area is 135 Å². The summed E-state index contributed by atoms with van der Waals surface area (Å²) < 4.78 is 0. The summed E-state index contributed by atoms with van der Waals surface area (Å²) in [6, 6.07) is 7.12. The fraction of sp³-hybridized carbons (Fsp3) is 0.400. The van der Waals surface area contributed by atoms with Crippen molar-refractivity contribution in [3.63, 3.8) is 0 Å². The number of amides is 2. The molecular weight excluding hydrogens is 300 g/mol. The molecule has 2 amide bonds. The third kappa shape index (κ3) is 4.51. The van der Waals surface area contributed by atoms with Crippen molar-refractivity contribution < 1.29 is 9.59 Å². The van der Waals surface area contributed by atoms with Gasteiger partial charge in [0.1, 0.15) is 0 Å². The molecule has 1 saturated heterocycles. The lowest BCUT2D eigenvalue weighted by atomic mass is 10.1. The van der Waals surface area contributed by atoms with E-state index in [0.29, 0.717) is 11.3 Å². The summed E-state index contributed by atoms with van der Waals surface area (Å²) in [4.78, 5) is 27.5. The number of nitrogens with zero attached hydrogens (tertiary/aromatic N) is 2. The molecular formula is C15H20N4O2S. The van der Waals surface area contributed by atoms with E-state index < -0.39 is 0 Å². The Morgan fingerprint density at radius 3 is 2.50 bits per heavy atom. The van der Waals surface area contributed by atoms with Crippen molar-refractivity contribution in [1.82, 2.24) is 15.1 Å². The molecule has 0 atom stereocenters. The maximum absolute atomic E-state index is 12.5. The van der Waals surface area contributed by atoms with E-state index in [1.54, 1.807) is 24.3 Å². The van der Waals surface area contributed by atoms with Crippen molar-refractivity contribution >= 4 is 34.8 Å². The van der Waals surface area contributed by atoms with Gasteiger partial charge in [-0.2, -0.15) is 0 Å². The highest BCUT2D eigenvalue weighted by Gasteiger charge is 2.20. The fourth-order valence-electron chi connectivity index (χ4n) is 2.24. The number of hydrogen-bond acceptors (Lipinski definition) is 4. The number of thiocarbonyl (C=S) groups is 1. The van der Waals surface area contributed by atoms with Crippen LogP contribution >= 0.6 is 12.2 Å². The number of anilines is 1. The molecule has 0 unspecified atom stereocenters. The Bertz CT molecular complexity index is 583. The highest BCUT2D eigenvalue weighted by atomic mass is 32.1. The molecule has 0 bridgehead atoms. The van der Waals surface area contributed by atoms with Crippen LogP contribution in [0.5, 0.6) is 0 Å². The first-order valence-electron chi connectivity index (χ1n) is 7.12. The molecule has 1 aromatic rings. The Morgan fingerprint density at radius 2 is 1.86 bits per heavy atom. The van der Waals surface area contributed by atoms with Gasteiger partial charge in [0.2, 0.25) is 5.91 Å². The van der Waals surface area contributed by atoms with Gasteiger partial charge in [-0.3, -0.25) is 9.59 Å².